The molecule has 1 aromatic carbocycles. The maximum atomic E-state index is 14.1. The number of fused-ring (bicyclic) bond motifs is 2. The lowest BCUT2D eigenvalue weighted by atomic mass is 9.70. The molecule has 5 rings (SSSR count). The summed E-state index contributed by atoms with van der Waals surface area (Å²) in [4.78, 5) is 27.9. The summed E-state index contributed by atoms with van der Waals surface area (Å²) >= 11 is 0. The predicted molar refractivity (Wildman–Crippen MR) is 125 cm³/mol. The van der Waals surface area contributed by atoms with Crippen LogP contribution in [0, 0.1) is 17.8 Å². The number of rotatable bonds is 4. The van der Waals surface area contributed by atoms with Gasteiger partial charge in [-0.25, -0.2) is 0 Å². The number of nitrogens with zero attached hydrogens (tertiary/aromatic N) is 3. The molecule has 34 heavy (non-hydrogen) atoms. The molecule has 3 unspecified atom stereocenters. The van der Waals surface area contributed by atoms with Gasteiger partial charge in [0.25, 0.3) is 6.01 Å². The quantitative estimate of drug-likeness (QED) is 0.599. The van der Waals surface area contributed by atoms with E-state index in [4.69, 9.17) is 9.52 Å². The van der Waals surface area contributed by atoms with Gasteiger partial charge in [-0.05, 0) is 57.6 Å². The fourth-order valence-electron chi connectivity index (χ4n) is 6.12. The van der Waals surface area contributed by atoms with Crippen LogP contribution in [0.3, 0.4) is 0 Å². The highest BCUT2D eigenvalue weighted by Crippen LogP contribution is 2.43. The minimum Gasteiger partial charge on any atom is -0.481 e. The smallest absolute Gasteiger partial charge is 0.306 e. The van der Waals surface area contributed by atoms with E-state index in [0.717, 1.165) is 36.6 Å². The fraction of sp³-hybridized carbons (Fsp3) is 0.500. The van der Waals surface area contributed by atoms with Gasteiger partial charge in [0.2, 0.25) is 5.91 Å². The van der Waals surface area contributed by atoms with Crippen molar-refractivity contribution in [3.05, 3.63) is 42.0 Å². The summed E-state index contributed by atoms with van der Waals surface area (Å²) in [7, 11) is 1.83. The number of hydrogen-bond donors (Lipinski definition) is 1. The molecule has 1 aliphatic heterocycles. The molecule has 0 radical (unpaired) electrons. The first kappa shape index (κ1) is 22.6. The van der Waals surface area contributed by atoms with E-state index in [1.807, 2.05) is 44.0 Å². The molecule has 7 nitrogen and oxygen atoms in total. The largest absolute Gasteiger partial charge is 0.481 e. The van der Waals surface area contributed by atoms with Crippen molar-refractivity contribution in [2.45, 2.75) is 57.4 Å². The van der Waals surface area contributed by atoms with Crippen LogP contribution in [-0.2, 0) is 22.1 Å². The maximum Gasteiger partial charge on any atom is 0.306 e. The first-order chi connectivity index (χ1) is 16.2. The lowest BCUT2D eigenvalue weighted by molar-refractivity contribution is -0.153. The van der Waals surface area contributed by atoms with Crippen molar-refractivity contribution in [3.63, 3.8) is 0 Å². The van der Waals surface area contributed by atoms with E-state index >= 15 is 0 Å². The number of likely N-dealkylation sites (tertiary alicyclic amines) is 1. The van der Waals surface area contributed by atoms with Crippen molar-refractivity contribution < 1.29 is 23.5 Å². The van der Waals surface area contributed by atoms with E-state index in [2.05, 4.69) is 0 Å². The van der Waals surface area contributed by atoms with Crippen molar-refractivity contribution in [3.8, 4) is 11.3 Å². The van der Waals surface area contributed by atoms with E-state index in [1.165, 1.54) is 6.07 Å². The van der Waals surface area contributed by atoms with Crippen molar-refractivity contribution >= 4 is 22.8 Å². The number of carboxylic acid groups (broad SMARTS) is 1. The topological polar surface area (TPSA) is 88.6 Å². The second kappa shape index (κ2) is 8.25. The summed E-state index contributed by atoms with van der Waals surface area (Å²) in [6.07, 6.45) is 3.95. The molecule has 1 aliphatic carbocycles. The molecule has 8 heteroatoms. The zero-order chi connectivity index (χ0) is 24.2. The highest BCUT2D eigenvalue weighted by atomic mass is 19.1. The Hall–Kier alpha value is -3.16. The molecule has 180 valence electrons. The monoisotopic (exact) mass is 467 g/mol. The third kappa shape index (κ3) is 3.51. The lowest BCUT2D eigenvalue weighted by Gasteiger charge is -2.48. The molecule has 3 atom stereocenters. The summed E-state index contributed by atoms with van der Waals surface area (Å²) in [6.45, 7) is 4.37. The lowest BCUT2D eigenvalue weighted by Crippen LogP contribution is -2.57. The van der Waals surface area contributed by atoms with Crippen molar-refractivity contribution in [2.75, 3.05) is 6.54 Å². The third-order valence-electron chi connectivity index (χ3n) is 7.78. The summed E-state index contributed by atoms with van der Waals surface area (Å²) in [5, 5.41) is 15.3. The van der Waals surface area contributed by atoms with Gasteiger partial charge in [0.15, 0.2) is 0 Å². The van der Waals surface area contributed by atoms with Gasteiger partial charge in [0.1, 0.15) is 5.76 Å². The zero-order valence-electron chi connectivity index (χ0n) is 19.8. The minimum absolute atomic E-state index is 0.0121. The maximum absolute atomic E-state index is 14.1. The molecule has 0 spiro atoms. The number of carboxylic acids is 1. The highest BCUT2D eigenvalue weighted by molar-refractivity contribution is 6.00. The van der Waals surface area contributed by atoms with Crippen LogP contribution in [0.2, 0.25) is 0 Å². The number of aromatic nitrogens is 2. The summed E-state index contributed by atoms with van der Waals surface area (Å²) < 4.78 is 20.7. The van der Waals surface area contributed by atoms with Gasteiger partial charge in [-0.3, -0.25) is 14.3 Å². The van der Waals surface area contributed by atoms with E-state index in [-0.39, 0.29) is 17.9 Å². The minimum atomic E-state index is -0.973. The highest BCUT2D eigenvalue weighted by Gasteiger charge is 2.47. The first-order valence-corrected chi connectivity index (χ1v) is 12.0. The van der Waals surface area contributed by atoms with Crippen LogP contribution in [0.5, 0.6) is 0 Å². The van der Waals surface area contributed by atoms with Gasteiger partial charge < -0.3 is 14.4 Å². The Bertz CT molecular complexity index is 1260. The number of hydrogen-bond acceptors (Lipinski definition) is 4. The van der Waals surface area contributed by atoms with Gasteiger partial charge in [-0.1, -0.05) is 18.6 Å². The molecule has 3 heterocycles. The summed E-state index contributed by atoms with van der Waals surface area (Å²) in [5.74, 6) is -0.825. The van der Waals surface area contributed by atoms with Crippen molar-refractivity contribution in [1.29, 1.82) is 0 Å². The third-order valence-corrected chi connectivity index (χ3v) is 7.78. The number of aryl methyl sites for hydroxylation is 1. The Labute approximate surface area is 197 Å². The Kier molecular flexibility index (Phi) is 5.49. The molecule has 0 bridgehead atoms. The Morgan fingerprint density at radius 2 is 1.94 bits per heavy atom. The van der Waals surface area contributed by atoms with Gasteiger partial charge in [0, 0.05) is 36.7 Å². The fourth-order valence-corrected chi connectivity index (χ4v) is 6.12. The molecular weight excluding hydrogens is 437 g/mol. The van der Waals surface area contributed by atoms with E-state index in [1.54, 1.807) is 10.7 Å². The van der Waals surface area contributed by atoms with Gasteiger partial charge in [-0.15, -0.1) is 0 Å². The molecule has 1 saturated carbocycles. The average molecular weight is 468 g/mol. The number of furan rings is 1. The molecule has 2 fully saturated rings. The van der Waals surface area contributed by atoms with Gasteiger partial charge >= 0.3 is 5.97 Å². The molecule has 1 N–H and O–H groups in total. The van der Waals surface area contributed by atoms with Crippen molar-refractivity contribution in [1.82, 2.24) is 14.7 Å². The normalized spacial score (nSPS) is 23.2. The Morgan fingerprint density at radius 3 is 2.65 bits per heavy atom. The molecular formula is C26H30FN3O4. The van der Waals surface area contributed by atoms with Crippen molar-refractivity contribution in [2.24, 2.45) is 18.9 Å². The Balaban J connectivity index is 1.57. The standard InChI is InChI=1S/C26H30FN3O4/c1-26(2,25(33)30-14-6-9-15-16(24(31)32)7-4-10-18(15)30)23-22-17(20-12-13-21(27)34-20)8-5-11-19(22)29(3)28-23/h5,8,11-13,15-16,18H,4,6-7,9-10,14H2,1-3H3,(H,31,32). The Morgan fingerprint density at radius 1 is 1.15 bits per heavy atom. The molecule has 2 aliphatic rings. The van der Waals surface area contributed by atoms with E-state index < -0.39 is 23.3 Å². The molecule has 3 aromatic rings. The van der Waals surface area contributed by atoms with Gasteiger partial charge in [-0.2, -0.15) is 9.49 Å². The zero-order valence-corrected chi connectivity index (χ0v) is 19.8. The van der Waals surface area contributed by atoms with Crippen LogP contribution in [0.15, 0.2) is 34.7 Å². The number of carbonyl (C=O) groups excluding carboxylic acids is 1. The first-order valence-electron chi connectivity index (χ1n) is 12.0. The van der Waals surface area contributed by atoms with Crippen LogP contribution < -0.4 is 0 Å². The summed E-state index contributed by atoms with van der Waals surface area (Å²) in [6, 6.07) is 7.75. The van der Waals surface area contributed by atoms with Crippen LogP contribution >= 0.6 is 0 Å². The summed E-state index contributed by atoms with van der Waals surface area (Å²) in [5.41, 5.74) is 1.14. The van der Waals surface area contributed by atoms with E-state index in [9.17, 15) is 19.1 Å². The number of amides is 1. The number of aliphatic carboxylic acids is 1. The number of piperidine rings is 1. The van der Waals surface area contributed by atoms with Crippen LogP contribution in [0.25, 0.3) is 22.2 Å². The van der Waals surface area contributed by atoms with Gasteiger partial charge in [0.05, 0.1) is 22.5 Å². The van der Waals surface area contributed by atoms with Crippen LogP contribution in [0.1, 0.15) is 51.6 Å². The number of halogens is 1. The molecule has 2 aromatic heterocycles. The average Bonchev–Trinajstić information content (AvgIpc) is 3.41. The predicted octanol–water partition coefficient (Wildman–Crippen LogP) is 4.74. The van der Waals surface area contributed by atoms with Crippen LogP contribution in [0.4, 0.5) is 4.39 Å². The molecule has 1 amide bonds. The number of carbonyl (C=O) groups is 2. The van der Waals surface area contributed by atoms with E-state index in [0.29, 0.717) is 30.0 Å². The second-order valence-corrected chi connectivity index (χ2v) is 10.1. The van der Waals surface area contributed by atoms with Crippen LogP contribution in [-0.4, -0.2) is 44.3 Å². The second-order valence-electron chi connectivity index (χ2n) is 10.1. The number of benzene rings is 1. The SMILES string of the molecule is Cn1nc(C(C)(C)C(=O)N2CCCC3C(C(=O)O)CCCC32)c2c(-c3ccc(F)o3)cccc21. The molecule has 1 saturated heterocycles.